The minimum atomic E-state index is -1.09. The van der Waals surface area contributed by atoms with Crippen LogP contribution >= 0.6 is 0 Å². The number of aryl methyl sites for hydroxylation is 1. The number of carbonyl (C=O) groups is 2. The van der Waals surface area contributed by atoms with E-state index in [0.717, 1.165) is 18.4 Å². The molecule has 1 saturated heterocycles. The minimum Gasteiger partial charge on any atom is -0.484 e. The molecule has 6 rings (SSSR count). The van der Waals surface area contributed by atoms with Gasteiger partial charge in [0.1, 0.15) is 6.61 Å². The van der Waals surface area contributed by atoms with E-state index < -0.39 is 11.6 Å². The molecule has 238 valence electrons. The molecule has 2 aromatic carbocycles. The molecule has 0 bridgehead atoms. The van der Waals surface area contributed by atoms with Crippen molar-refractivity contribution < 1.29 is 28.2 Å². The Morgan fingerprint density at radius 2 is 1.87 bits per heavy atom. The predicted octanol–water partition coefficient (Wildman–Crippen LogP) is 5.21. The second-order valence-electron chi connectivity index (χ2n) is 10.7. The molecule has 0 unspecified atom stereocenters. The number of imidazole rings is 1. The number of nitrogens with one attached hydrogen (secondary N) is 1. The van der Waals surface area contributed by atoms with Gasteiger partial charge in [-0.1, -0.05) is 6.07 Å². The van der Waals surface area contributed by atoms with Crippen molar-refractivity contribution >= 4 is 29.5 Å². The van der Waals surface area contributed by atoms with Crippen LogP contribution in [0.4, 0.5) is 20.3 Å². The van der Waals surface area contributed by atoms with Gasteiger partial charge in [-0.25, -0.2) is 14.4 Å². The molecule has 1 aliphatic heterocycles. The Hall–Kier alpha value is -5.43. The number of ether oxygens (including phenoxy) is 1. The van der Waals surface area contributed by atoms with Crippen LogP contribution in [0.1, 0.15) is 34.5 Å². The van der Waals surface area contributed by atoms with Gasteiger partial charge in [0, 0.05) is 48.5 Å². The number of carbonyl (C=O) groups excluding carboxylic acids is 1. The first-order chi connectivity index (χ1) is 22.3. The van der Waals surface area contributed by atoms with E-state index >= 15 is 4.39 Å². The van der Waals surface area contributed by atoms with Crippen LogP contribution in [0.25, 0.3) is 16.9 Å². The number of hydrogen-bond donors (Lipinski definition) is 3. The van der Waals surface area contributed by atoms with Crippen LogP contribution in [0.3, 0.4) is 0 Å². The predicted molar refractivity (Wildman–Crippen MR) is 168 cm³/mol. The van der Waals surface area contributed by atoms with Gasteiger partial charge in [-0.2, -0.15) is 4.39 Å². The SMILES string of the molecule is Cc1cc(Nc2nccn3c(-c4ccc(OCc5ccccn5)c(F)c4F)cnc23)ccc1C(=O)N1CCC(CN)CC1.O=CO. The monoisotopic (exact) mass is 629 g/mol. The number of pyridine rings is 1. The summed E-state index contributed by atoms with van der Waals surface area (Å²) < 4.78 is 37.4. The number of hydrogen-bond acceptors (Lipinski definition) is 8. The number of rotatable bonds is 8. The zero-order chi connectivity index (χ0) is 32.6. The molecular formula is C33H33F2N7O4. The van der Waals surface area contributed by atoms with Gasteiger partial charge in [0.05, 0.1) is 17.6 Å². The molecule has 0 aliphatic carbocycles. The zero-order valence-corrected chi connectivity index (χ0v) is 25.1. The molecule has 5 aromatic rings. The molecule has 1 amide bonds. The van der Waals surface area contributed by atoms with Crippen molar-refractivity contribution in [1.29, 1.82) is 0 Å². The van der Waals surface area contributed by atoms with Crippen molar-refractivity contribution in [2.45, 2.75) is 26.4 Å². The summed E-state index contributed by atoms with van der Waals surface area (Å²) in [5.74, 6) is -1.43. The fourth-order valence-corrected chi connectivity index (χ4v) is 5.34. The van der Waals surface area contributed by atoms with Gasteiger partial charge < -0.3 is 25.8 Å². The lowest BCUT2D eigenvalue weighted by atomic mass is 9.96. The van der Waals surface area contributed by atoms with E-state index in [4.69, 9.17) is 20.4 Å². The molecule has 13 heteroatoms. The Kier molecular flexibility index (Phi) is 10.1. The number of fused-ring (bicyclic) bond motifs is 1. The van der Waals surface area contributed by atoms with E-state index in [1.165, 1.54) is 18.3 Å². The van der Waals surface area contributed by atoms with Crippen LogP contribution in [-0.2, 0) is 11.4 Å². The summed E-state index contributed by atoms with van der Waals surface area (Å²) in [6.45, 7) is 3.72. The normalized spacial score (nSPS) is 13.2. The third-order valence-corrected chi connectivity index (χ3v) is 7.81. The number of piperidine rings is 1. The van der Waals surface area contributed by atoms with E-state index in [2.05, 4.69) is 20.3 Å². The summed E-state index contributed by atoms with van der Waals surface area (Å²) in [7, 11) is 0. The summed E-state index contributed by atoms with van der Waals surface area (Å²) in [6, 6.07) is 13.7. The van der Waals surface area contributed by atoms with Crippen LogP contribution in [0.15, 0.2) is 73.3 Å². The standard InChI is InChI=1S/C32H31F2N7O2.CH2O2/c1-20-16-22(5-6-24(20)32(42)40-13-9-21(17-35)10-14-40)39-30-31-38-18-26(41(31)15-12-37-30)25-7-8-27(29(34)28(25)33)43-19-23-4-2-3-11-36-23;2-1-3/h2-8,11-12,15-16,18,21H,9-10,13-14,17,19,35H2,1H3,(H,37,39);1H,(H,2,3). The number of amides is 1. The second-order valence-corrected chi connectivity index (χ2v) is 10.7. The van der Waals surface area contributed by atoms with Crippen molar-refractivity contribution in [3.05, 3.63) is 102 Å². The fourth-order valence-electron chi connectivity index (χ4n) is 5.34. The summed E-state index contributed by atoms with van der Waals surface area (Å²) in [6.07, 6.45) is 8.09. The number of anilines is 2. The number of benzene rings is 2. The van der Waals surface area contributed by atoms with Crippen molar-refractivity contribution in [3.63, 3.8) is 0 Å². The van der Waals surface area contributed by atoms with Gasteiger partial charge in [-0.05, 0) is 80.3 Å². The lowest BCUT2D eigenvalue weighted by Gasteiger charge is -2.31. The lowest BCUT2D eigenvalue weighted by Crippen LogP contribution is -2.40. The molecule has 1 fully saturated rings. The molecule has 11 nitrogen and oxygen atoms in total. The third kappa shape index (κ3) is 6.94. The molecule has 4 N–H and O–H groups in total. The first-order valence-corrected chi connectivity index (χ1v) is 14.6. The first kappa shape index (κ1) is 32.0. The molecule has 46 heavy (non-hydrogen) atoms. The smallest absolute Gasteiger partial charge is 0.290 e. The Bertz CT molecular complexity index is 1830. The van der Waals surface area contributed by atoms with Crippen LogP contribution in [-0.4, -0.2) is 61.4 Å². The van der Waals surface area contributed by atoms with Crippen molar-refractivity contribution in [2.75, 3.05) is 25.0 Å². The van der Waals surface area contributed by atoms with Crippen LogP contribution in [0.5, 0.6) is 5.75 Å². The van der Waals surface area contributed by atoms with Gasteiger partial charge >= 0.3 is 0 Å². The summed E-state index contributed by atoms with van der Waals surface area (Å²) >= 11 is 0. The number of nitrogens with two attached hydrogens (primary N) is 1. The molecule has 0 radical (unpaired) electrons. The van der Waals surface area contributed by atoms with Crippen molar-refractivity contribution in [3.8, 4) is 17.0 Å². The zero-order valence-electron chi connectivity index (χ0n) is 25.1. The first-order valence-electron chi connectivity index (χ1n) is 14.6. The molecule has 0 saturated carbocycles. The highest BCUT2D eigenvalue weighted by Gasteiger charge is 2.24. The second kappa shape index (κ2) is 14.6. The average Bonchev–Trinajstić information content (AvgIpc) is 3.51. The Balaban J connectivity index is 0.00000134. The number of carboxylic acid groups (broad SMARTS) is 1. The van der Waals surface area contributed by atoms with Gasteiger partial charge in [0.25, 0.3) is 12.4 Å². The summed E-state index contributed by atoms with van der Waals surface area (Å²) in [4.78, 5) is 36.4. The van der Waals surface area contributed by atoms with E-state index in [1.807, 2.05) is 30.0 Å². The number of aromatic nitrogens is 4. The highest BCUT2D eigenvalue weighted by atomic mass is 19.2. The van der Waals surface area contributed by atoms with Gasteiger partial charge in [0.2, 0.25) is 5.82 Å². The Morgan fingerprint density at radius 3 is 2.57 bits per heavy atom. The van der Waals surface area contributed by atoms with E-state index in [1.54, 1.807) is 41.2 Å². The van der Waals surface area contributed by atoms with Gasteiger partial charge in [0.15, 0.2) is 23.0 Å². The third-order valence-electron chi connectivity index (χ3n) is 7.81. The highest BCUT2D eigenvalue weighted by Crippen LogP contribution is 2.32. The number of likely N-dealkylation sites (tertiary alicyclic amines) is 1. The molecular weight excluding hydrogens is 596 g/mol. The fraction of sp³-hybridized carbons (Fsp3) is 0.242. The minimum absolute atomic E-state index is 0.00887. The molecule has 4 heterocycles. The lowest BCUT2D eigenvalue weighted by molar-refractivity contribution is -0.122. The Morgan fingerprint density at radius 1 is 1.09 bits per heavy atom. The topological polar surface area (TPSA) is 148 Å². The van der Waals surface area contributed by atoms with Crippen LogP contribution < -0.4 is 15.8 Å². The van der Waals surface area contributed by atoms with Crippen molar-refractivity contribution in [1.82, 2.24) is 24.3 Å². The maximum absolute atomic E-state index is 15.3. The van der Waals surface area contributed by atoms with E-state index in [0.29, 0.717) is 59.7 Å². The largest absolute Gasteiger partial charge is 0.484 e. The summed E-state index contributed by atoms with van der Waals surface area (Å²) in [5.41, 5.74) is 9.39. The highest BCUT2D eigenvalue weighted by molar-refractivity contribution is 5.96. The van der Waals surface area contributed by atoms with Gasteiger partial charge in [-0.15, -0.1) is 0 Å². The molecule has 1 aliphatic rings. The number of halogens is 2. The Labute approximate surface area is 263 Å². The molecule has 3 aromatic heterocycles. The van der Waals surface area contributed by atoms with E-state index in [-0.39, 0.29) is 30.3 Å². The quantitative estimate of drug-likeness (QED) is 0.197. The van der Waals surface area contributed by atoms with Crippen LogP contribution in [0, 0.1) is 24.5 Å². The van der Waals surface area contributed by atoms with E-state index in [9.17, 15) is 9.18 Å². The molecule has 0 spiro atoms. The maximum atomic E-state index is 15.3. The van der Waals surface area contributed by atoms with Crippen molar-refractivity contribution in [2.24, 2.45) is 11.7 Å². The average molecular weight is 630 g/mol. The number of nitrogens with zero attached hydrogens (tertiary/aromatic N) is 5. The molecule has 0 atom stereocenters. The van der Waals surface area contributed by atoms with Gasteiger partial charge in [-0.3, -0.25) is 19.0 Å². The van der Waals surface area contributed by atoms with Crippen LogP contribution in [0.2, 0.25) is 0 Å². The summed E-state index contributed by atoms with van der Waals surface area (Å²) in [5, 5.41) is 10.1. The maximum Gasteiger partial charge on any atom is 0.290 e.